The Morgan fingerprint density at radius 2 is 2.07 bits per heavy atom. The largest absolute Gasteiger partial charge is 0.508 e. The molecule has 7 N–H and O–H groups in total. The van der Waals surface area contributed by atoms with Crippen LogP contribution in [0.25, 0.3) is 0 Å². The average molecular weight is 217 g/mol. The van der Waals surface area contributed by atoms with Crippen molar-refractivity contribution in [1.82, 2.24) is 0 Å². The van der Waals surface area contributed by atoms with E-state index in [-0.39, 0.29) is 12.2 Å². The van der Waals surface area contributed by atoms with Gasteiger partial charge in [-0.1, -0.05) is 0 Å². The van der Waals surface area contributed by atoms with E-state index < -0.39 is 24.0 Å². The molecule has 0 aliphatic heterocycles. The first-order valence-electron chi connectivity index (χ1n) is 4.47. The molecule has 1 aliphatic carbocycles. The molecule has 1 aliphatic rings. The topological polar surface area (TPSA) is 127 Å². The molecule has 15 heavy (non-hydrogen) atoms. The second-order valence-corrected chi connectivity index (χ2v) is 3.64. The van der Waals surface area contributed by atoms with Crippen LogP contribution in [0.5, 0.6) is 0 Å². The molecular weight excluding hydrogens is 202 g/mol. The summed E-state index contributed by atoms with van der Waals surface area (Å²) in [5.74, 6) is -0.162. The highest BCUT2D eigenvalue weighted by atomic mass is 16.5. The van der Waals surface area contributed by atoms with Crippen LogP contribution in [0.4, 0.5) is 0 Å². The molecule has 0 aromatic rings. The van der Waals surface area contributed by atoms with Gasteiger partial charge < -0.3 is 31.3 Å². The molecule has 0 heterocycles. The monoisotopic (exact) mass is 217 g/mol. The van der Waals surface area contributed by atoms with E-state index in [2.05, 4.69) is 0 Å². The van der Waals surface area contributed by atoms with Crippen molar-refractivity contribution in [1.29, 1.82) is 0 Å². The number of aliphatic hydroxyl groups is 5. The average Bonchev–Trinajstić information content (AvgIpc) is 2.12. The summed E-state index contributed by atoms with van der Waals surface area (Å²) in [4.78, 5) is 0. The summed E-state index contributed by atoms with van der Waals surface area (Å²) in [6.07, 6.45) is 0.113. The molecule has 6 heteroatoms. The fourth-order valence-electron chi connectivity index (χ4n) is 1.36. The van der Waals surface area contributed by atoms with Crippen molar-refractivity contribution in [2.75, 3.05) is 0 Å². The van der Waals surface area contributed by atoms with Gasteiger partial charge in [0.2, 0.25) is 0 Å². The fourth-order valence-corrected chi connectivity index (χ4v) is 1.36. The molecule has 0 radical (unpaired) electrons. The first-order valence-corrected chi connectivity index (χ1v) is 4.47. The lowest BCUT2D eigenvalue weighted by Gasteiger charge is -2.33. The van der Waals surface area contributed by atoms with Crippen molar-refractivity contribution in [3.63, 3.8) is 0 Å². The molecule has 86 valence electrons. The minimum atomic E-state index is -1.77. The number of hydrogen-bond acceptors (Lipinski definition) is 6. The Kier molecular flexibility index (Phi) is 3.48. The van der Waals surface area contributed by atoms with Crippen LogP contribution < -0.4 is 5.73 Å². The van der Waals surface area contributed by atoms with E-state index >= 15 is 0 Å². The van der Waals surface area contributed by atoms with E-state index in [1.807, 2.05) is 0 Å². The Bertz CT molecular complexity index is 288. The predicted molar refractivity (Wildman–Crippen MR) is 51.6 cm³/mol. The third-order valence-electron chi connectivity index (χ3n) is 2.33. The number of nitrogens with two attached hydrogens (primary N) is 1. The first-order chi connectivity index (χ1) is 6.85. The third kappa shape index (κ3) is 2.77. The van der Waals surface area contributed by atoms with E-state index in [0.29, 0.717) is 0 Å². The van der Waals surface area contributed by atoms with Crippen LogP contribution in [0.15, 0.2) is 24.0 Å². The smallest absolute Gasteiger partial charge is 0.166 e. The minimum Gasteiger partial charge on any atom is -0.508 e. The van der Waals surface area contributed by atoms with Gasteiger partial charge in [-0.3, -0.25) is 0 Å². The Morgan fingerprint density at radius 3 is 2.53 bits per heavy atom. The molecule has 0 amide bonds. The summed E-state index contributed by atoms with van der Waals surface area (Å²) in [6.45, 7) is 0. The van der Waals surface area contributed by atoms with Gasteiger partial charge in [0.1, 0.15) is 17.5 Å². The molecule has 6 nitrogen and oxygen atoms in total. The lowest BCUT2D eigenvalue weighted by Crippen LogP contribution is -2.49. The standard InChI is InChI=1S/C9H15NO5/c10-6(8(13)14)4-9(15)2-1-5(11)3-7(9)12/h1-3,6-8,11-15H,4,10H2/t6-,7?,9?/m0/s1. The maximum Gasteiger partial charge on any atom is 0.166 e. The van der Waals surface area contributed by atoms with Gasteiger partial charge in [-0.05, 0) is 18.2 Å². The van der Waals surface area contributed by atoms with Gasteiger partial charge >= 0.3 is 0 Å². The van der Waals surface area contributed by atoms with E-state index in [4.69, 9.17) is 21.1 Å². The third-order valence-corrected chi connectivity index (χ3v) is 2.33. The van der Waals surface area contributed by atoms with Crippen molar-refractivity contribution in [2.45, 2.75) is 30.5 Å². The fraction of sp³-hybridized carbons (Fsp3) is 0.556. The van der Waals surface area contributed by atoms with Crippen molar-refractivity contribution >= 4 is 0 Å². The van der Waals surface area contributed by atoms with Crippen LogP contribution in [0.2, 0.25) is 0 Å². The number of allylic oxidation sites excluding steroid dienone is 1. The van der Waals surface area contributed by atoms with E-state index in [9.17, 15) is 10.2 Å². The van der Waals surface area contributed by atoms with Crippen LogP contribution in [0.3, 0.4) is 0 Å². The van der Waals surface area contributed by atoms with Crippen molar-refractivity contribution in [3.05, 3.63) is 24.0 Å². The van der Waals surface area contributed by atoms with Crippen LogP contribution in [-0.2, 0) is 0 Å². The summed E-state index contributed by atoms with van der Waals surface area (Å²) in [6, 6.07) is -1.08. The summed E-state index contributed by atoms with van der Waals surface area (Å²) in [5, 5.41) is 45.9. The number of hydrogen-bond donors (Lipinski definition) is 6. The van der Waals surface area contributed by atoms with Gasteiger partial charge in [0, 0.05) is 6.42 Å². The molecule has 0 spiro atoms. The normalized spacial score (nSPS) is 32.9. The summed E-state index contributed by atoms with van der Waals surface area (Å²) in [7, 11) is 0. The maximum atomic E-state index is 9.88. The Morgan fingerprint density at radius 1 is 1.47 bits per heavy atom. The molecule has 1 rings (SSSR count). The Balaban J connectivity index is 2.73. The van der Waals surface area contributed by atoms with Gasteiger partial charge in [0.25, 0.3) is 0 Å². The predicted octanol–water partition coefficient (Wildman–Crippen LogP) is -1.88. The summed E-state index contributed by atoms with van der Waals surface area (Å²) in [5.41, 5.74) is 3.66. The number of aliphatic hydroxyl groups excluding tert-OH is 3. The van der Waals surface area contributed by atoms with Crippen molar-refractivity contribution < 1.29 is 25.5 Å². The van der Waals surface area contributed by atoms with Gasteiger partial charge in [0.15, 0.2) is 6.29 Å². The van der Waals surface area contributed by atoms with Crippen LogP contribution in [0, 0.1) is 0 Å². The van der Waals surface area contributed by atoms with E-state index in [1.54, 1.807) is 0 Å². The van der Waals surface area contributed by atoms with E-state index in [0.717, 1.165) is 6.08 Å². The van der Waals surface area contributed by atoms with E-state index in [1.165, 1.54) is 12.2 Å². The molecular formula is C9H15NO5. The highest BCUT2D eigenvalue weighted by Gasteiger charge is 2.37. The zero-order valence-electron chi connectivity index (χ0n) is 7.98. The number of rotatable bonds is 3. The summed E-state index contributed by atoms with van der Waals surface area (Å²) < 4.78 is 0. The lowest BCUT2D eigenvalue weighted by atomic mass is 9.85. The Hall–Kier alpha value is -0.920. The molecule has 2 unspecified atom stereocenters. The molecule has 0 fully saturated rings. The van der Waals surface area contributed by atoms with Gasteiger partial charge in [-0.15, -0.1) is 0 Å². The van der Waals surface area contributed by atoms with Crippen LogP contribution in [0.1, 0.15) is 6.42 Å². The molecule has 0 saturated heterocycles. The van der Waals surface area contributed by atoms with Gasteiger partial charge in [-0.25, -0.2) is 0 Å². The van der Waals surface area contributed by atoms with Crippen LogP contribution in [-0.4, -0.2) is 49.6 Å². The minimum absolute atomic E-state index is 0.162. The molecule has 0 aromatic carbocycles. The maximum absolute atomic E-state index is 9.88. The van der Waals surface area contributed by atoms with Crippen molar-refractivity contribution in [2.24, 2.45) is 5.73 Å². The lowest BCUT2D eigenvalue weighted by molar-refractivity contribution is -0.0893. The zero-order chi connectivity index (χ0) is 11.6. The quantitative estimate of drug-likeness (QED) is 0.307. The van der Waals surface area contributed by atoms with Gasteiger partial charge in [0.05, 0.1) is 6.04 Å². The second-order valence-electron chi connectivity index (χ2n) is 3.64. The SMILES string of the molecule is N[C@@H](CC1(O)C=CC(O)=CC1O)C(O)O. The highest BCUT2D eigenvalue weighted by Crippen LogP contribution is 2.25. The molecule has 0 saturated carbocycles. The summed E-state index contributed by atoms with van der Waals surface area (Å²) >= 11 is 0. The first kappa shape index (κ1) is 12.2. The van der Waals surface area contributed by atoms with Gasteiger partial charge in [-0.2, -0.15) is 0 Å². The Labute approximate surface area is 86.6 Å². The second kappa shape index (κ2) is 4.30. The van der Waals surface area contributed by atoms with Crippen LogP contribution >= 0.6 is 0 Å². The molecule has 0 bridgehead atoms. The molecule has 0 aromatic heterocycles. The highest BCUT2D eigenvalue weighted by molar-refractivity contribution is 5.26. The zero-order valence-corrected chi connectivity index (χ0v) is 7.98. The molecule has 3 atom stereocenters. The van der Waals surface area contributed by atoms with Crippen molar-refractivity contribution in [3.8, 4) is 0 Å².